The fourth-order valence-corrected chi connectivity index (χ4v) is 4.02. The Morgan fingerprint density at radius 3 is 2.32 bits per heavy atom. The molecule has 0 heterocycles. The average Bonchev–Trinajstić information content (AvgIpc) is 2.51. The van der Waals surface area contributed by atoms with Gasteiger partial charge in [-0.25, -0.2) is 8.42 Å². The van der Waals surface area contributed by atoms with Gasteiger partial charge in [0.1, 0.15) is 6.04 Å². The standard InChI is InChI=1S/C18H21BrN2O3S/c1-12-9-10-15(11-13(12)2)21(25(4,23)24)14(3)18(22)20-17-8-6-5-7-16(17)19/h5-11,14H,1-4H3,(H,20,22)/t14-/m1/s1. The number of hydrogen-bond acceptors (Lipinski definition) is 3. The summed E-state index contributed by atoms with van der Waals surface area (Å²) in [4.78, 5) is 12.6. The quantitative estimate of drug-likeness (QED) is 0.791. The highest BCUT2D eigenvalue weighted by atomic mass is 79.9. The molecule has 1 amide bonds. The summed E-state index contributed by atoms with van der Waals surface area (Å²) >= 11 is 3.37. The van der Waals surface area contributed by atoms with E-state index in [4.69, 9.17) is 0 Å². The SMILES string of the molecule is Cc1ccc(N([C@H](C)C(=O)Nc2ccccc2Br)S(C)(=O)=O)cc1C. The number of halogens is 1. The molecule has 0 fully saturated rings. The Balaban J connectivity index is 2.36. The van der Waals surface area contributed by atoms with Crippen molar-refractivity contribution in [1.29, 1.82) is 0 Å². The van der Waals surface area contributed by atoms with E-state index in [2.05, 4.69) is 21.2 Å². The molecular formula is C18H21BrN2O3S. The van der Waals surface area contributed by atoms with Crippen molar-refractivity contribution in [2.45, 2.75) is 26.8 Å². The lowest BCUT2D eigenvalue weighted by Crippen LogP contribution is -2.45. The van der Waals surface area contributed by atoms with Crippen LogP contribution in [-0.4, -0.2) is 26.6 Å². The molecule has 0 aliphatic carbocycles. The monoisotopic (exact) mass is 424 g/mol. The molecular weight excluding hydrogens is 404 g/mol. The molecule has 0 spiro atoms. The first-order chi connectivity index (χ1) is 11.6. The summed E-state index contributed by atoms with van der Waals surface area (Å²) in [6.07, 6.45) is 1.10. The van der Waals surface area contributed by atoms with Crippen molar-refractivity contribution in [1.82, 2.24) is 0 Å². The van der Waals surface area contributed by atoms with Crippen LogP contribution >= 0.6 is 15.9 Å². The van der Waals surface area contributed by atoms with Gasteiger partial charge in [-0.1, -0.05) is 18.2 Å². The summed E-state index contributed by atoms with van der Waals surface area (Å²) < 4.78 is 26.5. The maximum Gasteiger partial charge on any atom is 0.248 e. The highest BCUT2D eigenvalue weighted by molar-refractivity contribution is 9.10. The maximum absolute atomic E-state index is 12.6. The van der Waals surface area contributed by atoms with Gasteiger partial charge in [-0.15, -0.1) is 0 Å². The zero-order valence-electron chi connectivity index (χ0n) is 14.6. The van der Waals surface area contributed by atoms with Gasteiger partial charge in [0.25, 0.3) is 0 Å². The van der Waals surface area contributed by atoms with Crippen molar-refractivity contribution in [3.05, 3.63) is 58.1 Å². The molecule has 2 aromatic carbocycles. The molecule has 0 aliphatic heterocycles. The van der Waals surface area contributed by atoms with Crippen LogP contribution in [0.3, 0.4) is 0 Å². The van der Waals surface area contributed by atoms with E-state index in [1.165, 1.54) is 0 Å². The Hall–Kier alpha value is -1.86. The van der Waals surface area contributed by atoms with Gasteiger partial charge < -0.3 is 5.32 Å². The Bertz CT molecular complexity index is 897. The molecule has 2 aromatic rings. The van der Waals surface area contributed by atoms with Crippen molar-refractivity contribution in [2.75, 3.05) is 15.9 Å². The minimum Gasteiger partial charge on any atom is -0.323 e. The second-order valence-corrected chi connectivity index (χ2v) is 8.69. The third kappa shape index (κ3) is 4.61. The number of carbonyl (C=O) groups excluding carboxylic acids is 1. The molecule has 0 aromatic heterocycles. The summed E-state index contributed by atoms with van der Waals surface area (Å²) in [5, 5.41) is 2.77. The van der Waals surface area contributed by atoms with E-state index in [1.807, 2.05) is 26.0 Å². The number of nitrogens with one attached hydrogen (secondary N) is 1. The zero-order valence-corrected chi connectivity index (χ0v) is 17.0. The molecule has 25 heavy (non-hydrogen) atoms. The Morgan fingerprint density at radius 2 is 1.76 bits per heavy atom. The van der Waals surface area contributed by atoms with Gasteiger partial charge in [0.15, 0.2) is 0 Å². The molecule has 134 valence electrons. The van der Waals surface area contributed by atoms with E-state index in [1.54, 1.807) is 37.3 Å². The minimum absolute atomic E-state index is 0.407. The molecule has 1 atom stereocenters. The van der Waals surface area contributed by atoms with Crippen LogP contribution in [0.2, 0.25) is 0 Å². The topological polar surface area (TPSA) is 66.5 Å². The normalized spacial score (nSPS) is 12.5. The third-order valence-corrected chi connectivity index (χ3v) is 5.90. The largest absolute Gasteiger partial charge is 0.323 e. The molecule has 2 rings (SSSR count). The number of hydrogen-bond donors (Lipinski definition) is 1. The predicted molar refractivity (Wildman–Crippen MR) is 105 cm³/mol. The van der Waals surface area contributed by atoms with Crippen LogP contribution in [-0.2, 0) is 14.8 Å². The van der Waals surface area contributed by atoms with Gasteiger partial charge in [0, 0.05) is 4.47 Å². The van der Waals surface area contributed by atoms with E-state index < -0.39 is 22.0 Å². The van der Waals surface area contributed by atoms with Crippen LogP contribution in [0, 0.1) is 13.8 Å². The van der Waals surface area contributed by atoms with Crippen molar-refractivity contribution in [2.24, 2.45) is 0 Å². The van der Waals surface area contributed by atoms with Gasteiger partial charge in [0.2, 0.25) is 15.9 Å². The van der Waals surface area contributed by atoms with Crippen molar-refractivity contribution in [3.63, 3.8) is 0 Å². The van der Waals surface area contributed by atoms with Crippen LogP contribution in [0.15, 0.2) is 46.9 Å². The van der Waals surface area contributed by atoms with E-state index in [9.17, 15) is 13.2 Å². The number of para-hydroxylation sites is 1. The lowest BCUT2D eigenvalue weighted by Gasteiger charge is -2.28. The first-order valence-electron chi connectivity index (χ1n) is 7.73. The lowest BCUT2D eigenvalue weighted by atomic mass is 10.1. The number of amides is 1. The number of anilines is 2. The second kappa shape index (κ2) is 7.58. The van der Waals surface area contributed by atoms with Gasteiger partial charge in [0.05, 0.1) is 17.6 Å². The summed E-state index contributed by atoms with van der Waals surface area (Å²) in [7, 11) is -3.63. The second-order valence-electron chi connectivity index (χ2n) is 5.97. The van der Waals surface area contributed by atoms with Crippen LogP contribution in [0.5, 0.6) is 0 Å². The summed E-state index contributed by atoms with van der Waals surface area (Å²) in [6.45, 7) is 5.43. The number of aryl methyl sites for hydroxylation is 2. The summed E-state index contributed by atoms with van der Waals surface area (Å²) in [6, 6.07) is 11.6. The van der Waals surface area contributed by atoms with Crippen molar-refractivity contribution < 1.29 is 13.2 Å². The highest BCUT2D eigenvalue weighted by Gasteiger charge is 2.29. The van der Waals surface area contributed by atoms with Crippen molar-refractivity contribution >= 4 is 43.2 Å². The molecule has 0 bridgehead atoms. The minimum atomic E-state index is -3.63. The smallest absolute Gasteiger partial charge is 0.248 e. The van der Waals surface area contributed by atoms with Crippen LogP contribution in [0.1, 0.15) is 18.1 Å². The number of sulfonamides is 1. The average molecular weight is 425 g/mol. The zero-order chi connectivity index (χ0) is 18.8. The molecule has 0 saturated carbocycles. The molecule has 5 nitrogen and oxygen atoms in total. The Labute approximate surface area is 157 Å². The Kier molecular flexibility index (Phi) is 5.90. The van der Waals surface area contributed by atoms with Crippen LogP contribution < -0.4 is 9.62 Å². The van der Waals surface area contributed by atoms with E-state index in [0.717, 1.165) is 26.2 Å². The van der Waals surface area contributed by atoms with E-state index >= 15 is 0 Å². The molecule has 1 N–H and O–H groups in total. The highest BCUT2D eigenvalue weighted by Crippen LogP contribution is 2.26. The van der Waals surface area contributed by atoms with Crippen molar-refractivity contribution in [3.8, 4) is 0 Å². The maximum atomic E-state index is 12.6. The molecule has 0 radical (unpaired) electrons. The first-order valence-corrected chi connectivity index (χ1v) is 10.4. The van der Waals surface area contributed by atoms with Crippen LogP contribution in [0.4, 0.5) is 11.4 Å². The lowest BCUT2D eigenvalue weighted by molar-refractivity contribution is -0.116. The molecule has 0 saturated heterocycles. The predicted octanol–water partition coefficient (Wildman–Crippen LogP) is 3.86. The molecule has 7 heteroatoms. The third-order valence-electron chi connectivity index (χ3n) is 3.97. The van der Waals surface area contributed by atoms with Gasteiger partial charge in [-0.3, -0.25) is 9.10 Å². The summed E-state index contributed by atoms with van der Waals surface area (Å²) in [5.41, 5.74) is 3.08. The first kappa shape index (κ1) is 19.5. The van der Waals surface area contributed by atoms with Gasteiger partial charge in [-0.05, 0) is 72.1 Å². The van der Waals surface area contributed by atoms with Gasteiger partial charge >= 0.3 is 0 Å². The Morgan fingerprint density at radius 1 is 1.12 bits per heavy atom. The fourth-order valence-electron chi connectivity index (χ4n) is 2.47. The van der Waals surface area contributed by atoms with E-state index in [0.29, 0.717) is 11.4 Å². The number of carbonyl (C=O) groups is 1. The number of benzene rings is 2. The molecule has 0 aliphatic rings. The summed E-state index contributed by atoms with van der Waals surface area (Å²) in [5.74, 6) is -0.407. The van der Waals surface area contributed by atoms with E-state index in [-0.39, 0.29) is 0 Å². The van der Waals surface area contributed by atoms with Crippen LogP contribution in [0.25, 0.3) is 0 Å². The number of rotatable bonds is 5. The number of nitrogens with zero attached hydrogens (tertiary/aromatic N) is 1. The molecule has 0 unspecified atom stereocenters. The fraction of sp³-hybridized carbons (Fsp3) is 0.278. The van der Waals surface area contributed by atoms with Gasteiger partial charge in [-0.2, -0.15) is 0 Å².